The first kappa shape index (κ1) is 16.8. The number of carboxylic acid groups (broad SMARTS) is 1. The van der Waals surface area contributed by atoms with E-state index < -0.39 is 11.5 Å². The van der Waals surface area contributed by atoms with Gasteiger partial charge in [0.05, 0.1) is 0 Å². The van der Waals surface area contributed by atoms with Gasteiger partial charge in [-0.15, -0.1) is 0 Å². The third kappa shape index (κ3) is 3.42. The zero-order chi connectivity index (χ0) is 15.3. The maximum atomic E-state index is 12.5. The molecule has 1 aliphatic rings. The summed E-state index contributed by atoms with van der Waals surface area (Å²) < 4.78 is 0. The summed E-state index contributed by atoms with van der Waals surface area (Å²) in [5.74, 6) is -0.882. The van der Waals surface area contributed by atoms with Crippen LogP contribution in [0.4, 0.5) is 4.79 Å². The third-order valence-corrected chi connectivity index (χ3v) is 4.13. The first-order valence-corrected chi connectivity index (χ1v) is 7.26. The van der Waals surface area contributed by atoms with Gasteiger partial charge in [0, 0.05) is 20.1 Å². The number of hydrogen-bond donors (Lipinski definition) is 1. The lowest BCUT2D eigenvalue weighted by Gasteiger charge is -2.36. The summed E-state index contributed by atoms with van der Waals surface area (Å²) in [5.41, 5.74) is -1.01. The van der Waals surface area contributed by atoms with Crippen LogP contribution in [0.2, 0.25) is 0 Å². The molecular weight excluding hydrogens is 258 g/mol. The molecule has 0 bridgehead atoms. The molecule has 0 aromatic carbocycles. The van der Waals surface area contributed by atoms with Crippen LogP contribution < -0.4 is 0 Å². The molecule has 6 nitrogen and oxygen atoms in total. The Labute approximate surface area is 121 Å². The monoisotopic (exact) mass is 285 g/mol. The molecule has 116 valence electrons. The molecule has 1 atom stereocenters. The zero-order valence-electron chi connectivity index (χ0n) is 13.1. The van der Waals surface area contributed by atoms with Gasteiger partial charge in [0.25, 0.3) is 0 Å². The normalized spacial score (nSPS) is 22.4. The number of aliphatic carboxylic acids is 1. The third-order valence-electron chi connectivity index (χ3n) is 4.13. The van der Waals surface area contributed by atoms with Crippen LogP contribution in [-0.2, 0) is 4.79 Å². The summed E-state index contributed by atoms with van der Waals surface area (Å²) >= 11 is 0. The van der Waals surface area contributed by atoms with E-state index >= 15 is 0 Å². The highest BCUT2D eigenvalue weighted by Crippen LogP contribution is 2.33. The molecule has 1 aliphatic heterocycles. The summed E-state index contributed by atoms with van der Waals surface area (Å²) in [5, 5.41) is 9.49. The molecule has 0 radical (unpaired) electrons. The van der Waals surface area contributed by atoms with E-state index in [2.05, 4.69) is 4.90 Å². The summed E-state index contributed by atoms with van der Waals surface area (Å²) in [6, 6.07) is -0.162. The van der Waals surface area contributed by atoms with Crippen molar-refractivity contribution in [1.29, 1.82) is 0 Å². The van der Waals surface area contributed by atoms with Gasteiger partial charge in [0.1, 0.15) is 5.54 Å². The quantitative estimate of drug-likeness (QED) is 0.799. The van der Waals surface area contributed by atoms with Crippen molar-refractivity contribution < 1.29 is 14.7 Å². The van der Waals surface area contributed by atoms with E-state index in [1.54, 1.807) is 16.8 Å². The average Bonchev–Trinajstić information content (AvgIpc) is 2.82. The van der Waals surface area contributed by atoms with E-state index in [9.17, 15) is 14.7 Å². The molecule has 0 aliphatic carbocycles. The molecule has 0 saturated carbocycles. The fourth-order valence-electron chi connectivity index (χ4n) is 2.82. The van der Waals surface area contributed by atoms with E-state index in [0.29, 0.717) is 25.9 Å². The summed E-state index contributed by atoms with van der Waals surface area (Å²) in [6.07, 6.45) is 2.66. The molecule has 0 spiro atoms. The molecular formula is C14H27N3O3. The van der Waals surface area contributed by atoms with E-state index in [-0.39, 0.29) is 6.03 Å². The predicted molar refractivity (Wildman–Crippen MR) is 77.8 cm³/mol. The summed E-state index contributed by atoms with van der Waals surface area (Å²) in [6.45, 7) is 3.94. The lowest BCUT2D eigenvalue weighted by Crippen LogP contribution is -2.56. The van der Waals surface area contributed by atoms with Crippen molar-refractivity contribution in [2.24, 2.45) is 0 Å². The number of carbonyl (C=O) groups is 2. The number of amides is 2. The van der Waals surface area contributed by atoms with Gasteiger partial charge in [-0.3, -0.25) is 0 Å². The fraction of sp³-hybridized carbons (Fsp3) is 0.857. The molecule has 1 heterocycles. The Morgan fingerprint density at radius 3 is 2.40 bits per heavy atom. The van der Waals surface area contributed by atoms with E-state index in [1.807, 2.05) is 21.0 Å². The number of urea groups is 1. The Morgan fingerprint density at radius 2 is 1.90 bits per heavy atom. The van der Waals surface area contributed by atoms with Crippen molar-refractivity contribution >= 4 is 12.0 Å². The summed E-state index contributed by atoms with van der Waals surface area (Å²) in [4.78, 5) is 29.3. The molecule has 20 heavy (non-hydrogen) atoms. The van der Waals surface area contributed by atoms with E-state index in [4.69, 9.17) is 0 Å². The number of likely N-dealkylation sites (tertiary alicyclic amines) is 1. The molecule has 1 rings (SSSR count). The lowest BCUT2D eigenvalue weighted by atomic mass is 9.93. The van der Waals surface area contributed by atoms with Gasteiger partial charge in [-0.2, -0.15) is 0 Å². The minimum absolute atomic E-state index is 0.162. The minimum atomic E-state index is -1.01. The predicted octanol–water partition coefficient (Wildman–Crippen LogP) is 1.32. The van der Waals surface area contributed by atoms with Gasteiger partial charge < -0.3 is 19.8 Å². The number of carbonyl (C=O) groups excluding carboxylic acids is 1. The van der Waals surface area contributed by atoms with Crippen molar-refractivity contribution in [1.82, 2.24) is 14.7 Å². The topological polar surface area (TPSA) is 64.1 Å². The Bertz CT molecular complexity index is 360. The van der Waals surface area contributed by atoms with Crippen LogP contribution in [0.25, 0.3) is 0 Å². The van der Waals surface area contributed by atoms with Crippen molar-refractivity contribution in [3.8, 4) is 0 Å². The zero-order valence-corrected chi connectivity index (χ0v) is 13.1. The SMILES string of the molecule is CCC1(C(=O)O)CCCN1C(=O)N(C)CCCN(C)C. The van der Waals surface area contributed by atoms with E-state index in [1.165, 1.54) is 0 Å². The van der Waals surface area contributed by atoms with Crippen LogP contribution in [0.5, 0.6) is 0 Å². The average molecular weight is 285 g/mol. The molecule has 6 heteroatoms. The Morgan fingerprint density at radius 1 is 1.25 bits per heavy atom. The van der Waals surface area contributed by atoms with Gasteiger partial charge in [-0.25, -0.2) is 9.59 Å². The maximum absolute atomic E-state index is 12.5. The van der Waals surface area contributed by atoms with Gasteiger partial charge in [0.15, 0.2) is 0 Å². The van der Waals surface area contributed by atoms with Crippen molar-refractivity contribution in [3.05, 3.63) is 0 Å². The van der Waals surface area contributed by atoms with Crippen LogP contribution in [0.1, 0.15) is 32.6 Å². The van der Waals surface area contributed by atoms with Crippen LogP contribution in [0.15, 0.2) is 0 Å². The van der Waals surface area contributed by atoms with Gasteiger partial charge in [-0.05, 0) is 46.3 Å². The Hall–Kier alpha value is -1.30. The molecule has 0 aromatic rings. The smallest absolute Gasteiger partial charge is 0.329 e. The van der Waals surface area contributed by atoms with Crippen LogP contribution in [0, 0.1) is 0 Å². The van der Waals surface area contributed by atoms with Crippen LogP contribution in [-0.4, -0.2) is 78.1 Å². The number of rotatable bonds is 6. The highest BCUT2D eigenvalue weighted by atomic mass is 16.4. The minimum Gasteiger partial charge on any atom is -0.479 e. The number of carboxylic acids is 1. The highest BCUT2D eigenvalue weighted by Gasteiger charge is 2.49. The summed E-state index contributed by atoms with van der Waals surface area (Å²) in [7, 11) is 5.74. The van der Waals surface area contributed by atoms with E-state index in [0.717, 1.165) is 19.4 Å². The Balaban J connectivity index is 2.67. The molecule has 1 saturated heterocycles. The van der Waals surface area contributed by atoms with Crippen LogP contribution >= 0.6 is 0 Å². The van der Waals surface area contributed by atoms with Crippen molar-refractivity contribution in [3.63, 3.8) is 0 Å². The molecule has 1 fully saturated rings. The second-order valence-corrected chi connectivity index (χ2v) is 5.81. The lowest BCUT2D eigenvalue weighted by molar-refractivity contribution is -0.148. The number of hydrogen-bond acceptors (Lipinski definition) is 3. The standard InChI is InChI=1S/C14H27N3O3/c1-5-14(12(18)19)8-6-11-17(14)13(20)16(4)10-7-9-15(2)3/h5-11H2,1-4H3,(H,18,19). The maximum Gasteiger partial charge on any atom is 0.329 e. The van der Waals surface area contributed by atoms with Gasteiger partial charge in [-0.1, -0.05) is 6.92 Å². The number of nitrogens with zero attached hydrogens (tertiary/aromatic N) is 3. The van der Waals surface area contributed by atoms with Gasteiger partial charge >= 0.3 is 12.0 Å². The molecule has 1 unspecified atom stereocenters. The first-order chi connectivity index (χ1) is 9.35. The van der Waals surface area contributed by atoms with Crippen molar-refractivity contribution in [2.75, 3.05) is 40.8 Å². The molecule has 0 aromatic heterocycles. The fourth-order valence-corrected chi connectivity index (χ4v) is 2.82. The molecule has 2 amide bonds. The van der Waals surface area contributed by atoms with Gasteiger partial charge in [0.2, 0.25) is 0 Å². The van der Waals surface area contributed by atoms with Crippen LogP contribution in [0.3, 0.4) is 0 Å². The first-order valence-electron chi connectivity index (χ1n) is 7.26. The Kier molecular flexibility index (Phi) is 5.80. The highest BCUT2D eigenvalue weighted by molar-refractivity contribution is 5.87. The molecule has 1 N–H and O–H groups in total. The second-order valence-electron chi connectivity index (χ2n) is 5.81. The largest absolute Gasteiger partial charge is 0.479 e. The van der Waals surface area contributed by atoms with Crippen molar-refractivity contribution in [2.45, 2.75) is 38.1 Å². The second kappa shape index (κ2) is 6.92.